The first-order chi connectivity index (χ1) is 17.5. The number of hydrogen-bond donors (Lipinski definition) is 6. The van der Waals surface area contributed by atoms with Gasteiger partial charge in [-0.25, -0.2) is 4.18 Å². The van der Waals surface area contributed by atoms with Crippen LogP contribution in [0.2, 0.25) is 0 Å². The first kappa shape index (κ1) is 30.6. The summed E-state index contributed by atoms with van der Waals surface area (Å²) in [5.41, 5.74) is -2.22. The monoisotopic (exact) mass is 562 g/mol. The maximum absolute atomic E-state index is 11.7. The van der Waals surface area contributed by atoms with Crippen molar-refractivity contribution in [3.63, 3.8) is 0 Å². The fraction of sp³-hybridized carbons (Fsp3) is 1.00. The van der Waals surface area contributed by atoms with Gasteiger partial charge in [-0.05, 0) is 78.9 Å². The Labute approximate surface area is 227 Å². The highest BCUT2D eigenvalue weighted by molar-refractivity contribution is 7.80. The second kappa shape index (κ2) is 10.5. The zero-order valence-electron chi connectivity index (χ0n) is 23.5. The first-order valence-corrected chi connectivity index (χ1v) is 15.9. The van der Waals surface area contributed by atoms with Gasteiger partial charge in [-0.2, -0.15) is 8.42 Å². The van der Waals surface area contributed by atoms with Crippen LogP contribution in [-0.4, -0.2) is 75.1 Å². The van der Waals surface area contributed by atoms with Crippen molar-refractivity contribution in [2.24, 2.45) is 52.3 Å². The highest BCUT2D eigenvalue weighted by atomic mass is 32.3. The average molecular weight is 563 g/mol. The smallest absolute Gasteiger partial charge is 0.393 e. The molecule has 0 heterocycles. The largest absolute Gasteiger partial charge is 0.397 e. The molecule has 4 fully saturated rings. The van der Waals surface area contributed by atoms with E-state index in [1.54, 1.807) is 0 Å². The zero-order chi connectivity index (χ0) is 28.4. The van der Waals surface area contributed by atoms with Crippen molar-refractivity contribution in [3.05, 3.63) is 0 Å². The van der Waals surface area contributed by atoms with Gasteiger partial charge in [0, 0.05) is 11.8 Å². The maximum Gasteiger partial charge on any atom is 0.397 e. The molecule has 14 unspecified atom stereocenters. The molecule has 10 heteroatoms. The molecule has 6 N–H and O–H groups in total. The third-order valence-corrected chi connectivity index (χ3v) is 12.6. The van der Waals surface area contributed by atoms with Crippen LogP contribution in [0.5, 0.6) is 0 Å². The Morgan fingerprint density at radius 2 is 1.61 bits per heavy atom. The minimum atomic E-state index is -4.47. The van der Waals surface area contributed by atoms with E-state index < -0.39 is 45.8 Å². The minimum absolute atomic E-state index is 0.0253. The number of fused-ring (bicyclic) bond motifs is 5. The van der Waals surface area contributed by atoms with E-state index in [0.29, 0.717) is 19.3 Å². The summed E-state index contributed by atoms with van der Waals surface area (Å²) in [6.45, 7) is 10.2. The molecule has 0 radical (unpaired) electrons. The van der Waals surface area contributed by atoms with Gasteiger partial charge in [0.2, 0.25) is 0 Å². The Kier molecular flexibility index (Phi) is 8.46. The second-order valence-electron chi connectivity index (χ2n) is 14.1. The van der Waals surface area contributed by atoms with Gasteiger partial charge in [-0.3, -0.25) is 4.55 Å². The van der Waals surface area contributed by atoms with Gasteiger partial charge in [-0.1, -0.05) is 47.5 Å². The fourth-order valence-corrected chi connectivity index (χ4v) is 10.1. The highest BCUT2D eigenvalue weighted by Crippen LogP contribution is 2.69. The number of aliphatic hydroxyl groups is 5. The Morgan fingerprint density at radius 3 is 2.24 bits per heavy atom. The maximum atomic E-state index is 11.7. The van der Waals surface area contributed by atoms with Gasteiger partial charge in [0.05, 0.1) is 36.6 Å². The summed E-state index contributed by atoms with van der Waals surface area (Å²) in [4.78, 5) is 0. The Hall–Kier alpha value is -0.330. The average Bonchev–Trinajstić information content (AvgIpc) is 3.02. The van der Waals surface area contributed by atoms with Crippen molar-refractivity contribution >= 4 is 10.4 Å². The van der Waals surface area contributed by atoms with Crippen molar-refractivity contribution in [1.29, 1.82) is 0 Å². The van der Waals surface area contributed by atoms with Gasteiger partial charge in [0.25, 0.3) is 0 Å². The van der Waals surface area contributed by atoms with Crippen molar-refractivity contribution < 1.29 is 42.7 Å². The molecule has 4 aliphatic rings. The first-order valence-electron chi connectivity index (χ1n) is 14.5. The molecule has 4 aliphatic carbocycles. The van der Waals surface area contributed by atoms with E-state index in [1.807, 2.05) is 20.8 Å². The standard InChI is InChI=1S/C28H50O9S/c1-15(17(3)14-37-38(34,35)36)6-7-16(2)22-24(31)25(32)23-19-12-21(30)28(33)13-18(29)8-11-27(28,5)20(19)9-10-26(22,23)4/h15-25,29-33H,6-14H2,1-5H3,(H,34,35,36). The lowest BCUT2D eigenvalue weighted by Gasteiger charge is -2.65. The zero-order valence-corrected chi connectivity index (χ0v) is 24.3. The molecule has 14 atom stereocenters. The van der Waals surface area contributed by atoms with Gasteiger partial charge < -0.3 is 25.5 Å². The van der Waals surface area contributed by atoms with Crippen LogP contribution >= 0.6 is 0 Å². The number of aliphatic hydroxyl groups excluding tert-OH is 4. The molecule has 0 saturated heterocycles. The van der Waals surface area contributed by atoms with E-state index >= 15 is 0 Å². The Morgan fingerprint density at radius 1 is 0.947 bits per heavy atom. The van der Waals surface area contributed by atoms with E-state index in [9.17, 15) is 34.0 Å². The molecule has 0 spiro atoms. The predicted octanol–water partition coefficient (Wildman–Crippen LogP) is 2.54. The van der Waals surface area contributed by atoms with Gasteiger partial charge in [0.1, 0.15) is 0 Å². The van der Waals surface area contributed by atoms with E-state index in [2.05, 4.69) is 18.0 Å². The van der Waals surface area contributed by atoms with Crippen molar-refractivity contribution in [1.82, 2.24) is 0 Å². The Bertz CT molecular complexity index is 960. The lowest BCUT2D eigenvalue weighted by atomic mass is 9.42. The molecule has 0 aliphatic heterocycles. The molecule has 4 saturated carbocycles. The molecular formula is C28H50O9S. The summed E-state index contributed by atoms with van der Waals surface area (Å²) in [6.07, 6.45) is 1.60. The van der Waals surface area contributed by atoms with E-state index in [-0.39, 0.29) is 59.9 Å². The van der Waals surface area contributed by atoms with Crippen LogP contribution in [0, 0.1) is 52.3 Å². The van der Waals surface area contributed by atoms with Crippen molar-refractivity contribution in [2.75, 3.05) is 6.61 Å². The molecule has 38 heavy (non-hydrogen) atoms. The third kappa shape index (κ3) is 4.99. The van der Waals surface area contributed by atoms with Gasteiger partial charge in [-0.15, -0.1) is 0 Å². The number of hydrogen-bond acceptors (Lipinski definition) is 8. The molecule has 0 amide bonds. The van der Waals surface area contributed by atoms with E-state index in [0.717, 1.165) is 25.7 Å². The molecule has 0 aromatic rings. The second-order valence-corrected chi connectivity index (χ2v) is 15.2. The van der Waals surface area contributed by atoms with Crippen molar-refractivity contribution in [2.45, 2.75) is 116 Å². The molecule has 0 bridgehead atoms. The topological polar surface area (TPSA) is 165 Å². The lowest BCUT2D eigenvalue weighted by Crippen LogP contribution is -2.69. The summed E-state index contributed by atoms with van der Waals surface area (Å²) in [5, 5.41) is 56.1. The number of rotatable bonds is 8. The molecule has 9 nitrogen and oxygen atoms in total. The quantitative estimate of drug-likeness (QED) is 0.244. The molecule has 222 valence electrons. The van der Waals surface area contributed by atoms with Crippen LogP contribution in [0.4, 0.5) is 0 Å². The van der Waals surface area contributed by atoms with Gasteiger partial charge >= 0.3 is 10.4 Å². The van der Waals surface area contributed by atoms with Crippen LogP contribution in [-0.2, 0) is 14.6 Å². The summed E-state index contributed by atoms with van der Waals surface area (Å²) in [6, 6.07) is 0. The lowest BCUT2D eigenvalue weighted by molar-refractivity contribution is -0.268. The summed E-state index contributed by atoms with van der Waals surface area (Å²) in [7, 11) is -4.47. The Balaban J connectivity index is 1.50. The van der Waals surface area contributed by atoms with Crippen LogP contribution in [0.25, 0.3) is 0 Å². The molecule has 4 rings (SSSR count). The van der Waals surface area contributed by atoms with Crippen LogP contribution < -0.4 is 0 Å². The summed E-state index contributed by atoms with van der Waals surface area (Å²) >= 11 is 0. The SMILES string of the molecule is CC(CCC(C)C1C(O)C(O)C2C3CC(O)C4(O)CC(O)CCC4(C)C3CCC12C)C(C)COS(=O)(=O)O. The molecular weight excluding hydrogens is 512 g/mol. The molecule has 0 aromatic carbocycles. The van der Waals surface area contributed by atoms with Crippen LogP contribution in [0.1, 0.15) is 86.0 Å². The predicted molar refractivity (Wildman–Crippen MR) is 141 cm³/mol. The summed E-state index contributed by atoms with van der Waals surface area (Å²) in [5.74, 6) is -0.0862. The summed E-state index contributed by atoms with van der Waals surface area (Å²) < 4.78 is 35.3. The fourth-order valence-electron chi connectivity index (χ4n) is 9.72. The van der Waals surface area contributed by atoms with E-state index in [4.69, 9.17) is 4.55 Å². The minimum Gasteiger partial charge on any atom is -0.393 e. The van der Waals surface area contributed by atoms with Crippen LogP contribution in [0.15, 0.2) is 0 Å². The van der Waals surface area contributed by atoms with E-state index in [1.165, 1.54) is 0 Å². The highest BCUT2D eigenvalue weighted by Gasteiger charge is 2.70. The third-order valence-electron chi connectivity index (χ3n) is 12.1. The van der Waals surface area contributed by atoms with Crippen LogP contribution in [0.3, 0.4) is 0 Å². The molecule has 0 aromatic heterocycles. The normalized spacial score (nSPS) is 49.4. The van der Waals surface area contributed by atoms with Gasteiger partial charge in [0.15, 0.2) is 0 Å². The van der Waals surface area contributed by atoms with Crippen molar-refractivity contribution in [3.8, 4) is 0 Å².